The number of likely N-dealkylation sites (tertiary alicyclic amines) is 2. The van der Waals surface area contributed by atoms with Crippen LogP contribution in [0.4, 0.5) is 10.5 Å². The van der Waals surface area contributed by atoms with Crippen molar-refractivity contribution < 1.29 is 9.59 Å². The van der Waals surface area contributed by atoms with E-state index < -0.39 is 0 Å². The van der Waals surface area contributed by atoms with E-state index in [2.05, 4.69) is 10.3 Å². The topological polar surface area (TPSA) is 65.5 Å². The minimum absolute atomic E-state index is 0.0394. The average Bonchev–Trinajstić information content (AvgIpc) is 2.59. The molecule has 1 aromatic rings. The summed E-state index contributed by atoms with van der Waals surface area (Å²) in [4.78, 5) is 32.3. The second-order valence-corrected chi connectivity index (χ2v) is 7.12. The number of aromatic nitrogens is 1. The standard InChI is InChI=1S/C17H23ClN4O2/c1-2-21-11-17(8-6-15(21)23)7-3-9-22(12-17)16(24)20-13-4-5-14(18)19-10-13/h4-5,10H,2-3,6-9,11-12H2,1H3,(H,20,24)/t17-/m0/s1. The number of anilines is 1. The zero-order chi connectivity index (χ0) is 17.2. The maximum absolute atomic E-state index is 12.6. The monoisotopic (exact) mass is 350 g/mol. The van der Waals surface area contributed by atoms with Crippen molar-refractivity contribution in [2.75, 3.05) is 31.5 Å². The zero-order valence-electron chi connectivity index (χ0n) is 13.9. The Morgan fingerprint density at radius 3 is 2.92 bits per heavy atom. The number of nitrogens with one attached hydrogen (secondary N) is 1. The van der Waals surface area contributed by atoms with Crippen molar-refractivity contribution in [2.24, 2.45) is 5.41 Å². The molecule has 0 aromatic carbocycles. The first kappa shape index (κ1) is 17.0. The van der Waals surface area contributed by atoms with Gasteiger partial charge in [-0.2, -0.15) is 0 Å². The van der Waals surface area contributed by atoms with E-state index in [0.717, 1.165) is 38.9 Å². The fraction of sp³-hybridized carbons (Fsp3) is 0.588. The Hall–Kier alpha value is -1.82. The Morgan fingerprint density at radius 1 is 1.38 bits per heavy atom. The van der Waals surface area contributed by atoms with Gasteiger partial charge in [0, 0.05) is 38.0 Å². The third-order valence-electron chi connectivity index (χ3n) is 5.06. The highest BCUT2D eigenvalue weighted by Gasteiger charge is 2.42. The molecule has 24 heavy (non-hydrogen) atoms. The molecule has 6 nitrogen and oxygen atoms in total. The van der Waals surface area contributed by atoms with Crippen LogP contribution in [0.2, 0.25) is 5.15 Å². The summed E-state index contributed by atoms with van der Waals surface area (Å²) in [6, 6.07) is 3.28. The Kier molecular flexibility index (Phi) is 4.94. The fourth-order valence-electron chi connectivity index (χ4n) is 3.76. The van der Waals surface area contributed by atoms with Crippen molar-refractivity contribution in [3.63, 3.8) is 0 Å². The van der Waals surface area contributed by atoms with Crippen molar-refractivity contribution in [1.82, 2.24) is 14.8 Å². The molecule has 2 saturated heterocycles. The third-order valence-corrected chi connectivity index (χ3v) is 5.28. The van der Waals surface area contributed by atoms with Gasteiger partial charge >= 0.3 is 6.03 Å². The summed E-state index contributed by atoms with van der Waals surface area (Å²) < 4.78 is 0. The summed E-state index contributed by atoms with van der Waals surface area (Å²) in [5.74, 6) is 0.233. The quantitative estimate of drug-likeness (QED) is 0.834. The first-order valence-corrected chi connectivity index (χ1v) is 8.84. The van der Waals surface area contributed by atoms with E-state index in [9.17, 15) is 9.59 Å². The van der Waals surface area contributed by atoms with Crippen LogP contribution in [0.15, 0.2) is 18.3 Å². The molecule has 0 unspecified atom stereocenters. The van der Waals surface area contributed by atoms with Crippen LogP contribution >= 0.6 is 11.6 Å². The first-order chi connectivity index (χ1) is 11.5. The van der Waals surface area contributed by atoms with E-state index in [-0.39, 0.29) is 17.4 Å². The van der Waals surface area contributed by atoms with Gasteiger partial charge < -0.3 is 15.1 Å². The van der Waals surface area contributed by atoms with E-state index in [0.29, 0.717) is 23.8 Å². The molecule has 3 rings (SSSR count). The van der Waals surface area contributed by atoms with Crippen LogP contribution in [0.3, 0.4) is 0 Å². The fourth-order valence-corrected chi connectivity index (χ4v) is 3.87. The molecule has 2 fully saturated rings. The predicted molar refractivity (Wildman–Crippen MR) is 93.0 cm³/mol. The lowest BCUT2D eigenvalue weighted by Crippen LogP contribution is -2.55. The van der Waals surface area contributed by atoms with Crippen LogP contribution in [0.5, 0.6) is 0 Å². The number of urea groups is 1. The smallest absolute Gasteiger partial charge is 0.321 e. The number of rotatable bonds is 2. The molecule has 2 aliphatic heterocycles. The second-order valence-electron chi connectivity index (χ2n) is 6.73. The van der Waals surface area contributed by atoms with Gasteiger partial charge in [-0.3, -0.25) is 4.79 Å². The number of hydrogen-bond acceptors (Lipinski definition) is 3. The molecule has 130 valence electrons. The van der Waals surface area contributed by atoms with Crippen LogP contribution in [0, 0.1) is 5.41 Å². The zero-order valence-corrected chi connectivity index (χ0v) is 14.7. The molecule has 1 aromatic heterocycles. The van der Waals surface area contributed by atoms with Gasteiger partial charge in [0.15, 0.2) is 0 Å². The van der Waals surface area contributed by atoms with Gasteiger partial charge in [-0.05, 0) is 38.3 Å². The van der Waals surface area contributed by atoms with Gasteiger partial charge in [-0.1, -0.05) is 11.6 Å². The van der Waals surface area contributed by atoms with Crippen LogP contribution in [0.1, 0.15) is 32.6 Å². The molecule has 1 spiro atoms. The molecular weight excluding hydrogens is 328 g/mol. The molecule has 1 N–H and O–H groups in total. The molecule has 2 aliphatic rings. The number of hydrogen-bond donors (Lipinski definition) is 1. The largest absolute Gasteiger partial charge is 0.342 e. The molecule has 1 atom stereocenters. The summed E-state index contributed by atoms with van der Waals surface area (Å²) in [7, 11) is 0. The minimum atomic E-state index is -0.113. The lowest BCUT2D eigenvalue weighted by Gasteiger charge is -2.48. The van der Waals surface area contributed by atoms with Crippen LogP contribution in [-0.2, 0) is 4.79 Å². The van der Waals surface area contributed by atoms with Crippen molar-refractivity contribution >= 4 is 29.2 Å². The third kappa shape index (κ3) is 3.64. The summed E-state index contributed by atoms with van der Waals surface area (Å²) in [6.45, 7) is 4.95. The Labute approximate surface area is 147 Å². The Balaban J connectivity index is 1.65. The van der Waals surface area contributed by atoms with Gasteiger partial charge in [-0.15, -0.1) is 0 Å². The highest BCUT2D eigenvalue weighted by molar-refractivity contribution is 6.29. The molecule has 0 bridgehead atoms. The van der Waals surface area contributed by atoms with Crippen LogP contribution < -0.4 is 5.32 Å². The SMILES string of the molecule is CCN1C[C@]2(CCCN(C(=O)Nc3ccc(Cl)nc3)C2)CCC1=O. The summed E-state index contributed by atoms with van der Waals surface area (Å²) in [5, 5.41) is 3.28. The van der Waals surface area contributed by atoms with E-state index in [4.69, 9.17) is 11.6 Å². The van der Waals surface area contributed by atoms with Crippen molar-refractivity contribution in [1.29, 1.82) is 0 Å². The number of amides is 3. The predicted octanol–water partition coefficient (Wildman–Crippen LogP) is 2.99. The Bertz CT molecular complexity index is 622. The van der Waals surface area contributed by atoms with Crippen molar-refractivity contribution in [2.45, 2.75) is 32.6 Å². The number of pyridine rings is 1. The molecular formula is C17H23ClN4O2. The number of carbonyl (C=O) groups is 2. The maximum Gasteiger partial charge on any atom is 0.321 e. The molecule has 0 radical (unpaired) electrons. The van der Waals surface area contributed by atoms with Gasteiger partial charge in [0.25, 0.3) is 0 Å². The number of nitrogens with zero attached hydrogens (tertiary/aromatic N) is 3. The average molecular weight is 351 g/mol. The van der Waals surface area contributed by atoms with E-state index in [1.807, 2.05) is 16.7 Å². The lowest BCUT2D eigenvalue weighted by molar-refractivity contribution is -0.138. The molecule has 0 saturated carbocycles. The van der Waals surface area contributed by atoms with Gasteiger partial charge in [0.05, 0.1) is 11.9 Å². The Morgan fingerprint density at radius 2 is 2.21 bits per heavy atom. The molecule has 7 heteroatoms. The van der Waals surface area contributed by atoms with E-state index >= 15 is 0 Å². The normalized spacial score (nSPS) is 24.3. The van der Waals surface area contributed by atoms with Gasteiger partial charge in [0.1, 0.15) is 5.15 Å². The van der Waals surface area contributed by atoms with Gasteiger partial charge in [-0.25, -0.2) is 9.78 Å². The van der Waals surface area contributed by atoms with Crippen molar-refractivity contribution in [3.05, 3.63) is 23.5 Å². The first-order valence-electron chi connectivity index (χ1n) is 8.47. The summed E-state index contributed by atoms with van der Waals surface area (Å²) >= 11 is 5.77. The lowest BCUT2D eigenvalue weighted by atomic mass is 9.73. The minimum Gasteiger partial charge on any atom is -0.342 e. The van der Waals surface area contributed by atoms with Crippen molar-refractivity contribution in [3.8, 4) is 0 Å². The van der Waals surface area contributed by atoms with Crippen LogP contribution in [-0.4, -0.2) is 52.9 Å². The second kappa shape index (κ2) is 6.97. The maximum atomic E-state index is 12.6. The summed E-state index contributed by atoms with van der Waals surface area (Å²) in [5.41, 5.74) is 0.677. The highest BCUT2D eigenvalue weighted by atomic mass is 35.5. The highest BCUT2D eigenvalue weighted by Crippen LogP contribution is 2.38. The number of piperidine rings is 2. The summed E-state index contributed by atoms with van der Waals surface area (Å²) in [6.07, 6.45) is 5.05. The van der Waals surface area contributed by atoms with E-state index in [1.165, 1.54) is 0 Å². The molecule has 3 heterocycles. The number of halogens is 1. The van der Waals surface area contributed by atoms with E-state index in [1.54, 1.807) is 18.3 Å². The molecule has 0 aliphatic carbocycles. The van der Waals surface area contributed by atoms with Crippen LogP contribution in [0.25, 0.3) is 0 Å². The number of carbonyl (C=O) groups excluding carboxylic acids is 2. The molecule has 3 amide bonds. The van der Waals surface area contributed by atoms with Gasteiger partial charge in [0.2, 0.25) is 5.91 Å².